The van der Waals surface area contributed by atoms with Gasteiger partial charge in [0.1, 0.15) is 11.1 Å². The lowest BCUT2D eigenvalue weighted by Gasteiger charge is -2.22. The van der Waals surface area contributed by atoms with E-state index in [1.54, 1.807) is 0 Å². The predicted molar refractivity (Wildman–Crippen MR) is 167 cm³/mol. The summed E-state index contributed by atoms with van der Waals surface area (Å²) in [4.78, 5) is 10.3. The first-order chi connectivity index (χ1) is 20.1. The van der Waals surface area contributed by atoms with Gasteiger partial charge in [0.2, 0.25) is 0 Å². The van der Waals surface area contributed by atoms with Gasteiger partial charge in [-0.25, -0.2) is 9.97 Å². The largest absolute Gasteiger partial charge is 0.450 e. The van der Waals surface area contributed by atoms with Gasteiger partial charge >= 0.3 is 0 Å². The second-order valence-electron chi connectivity index (χ2n) is 11.4. The van der Waals surface area contributed by atoms with Gasteiger partial charge in [-0.2, -0.15) is 0 Å². The Balaban J connectivity index is 1.46. The molecule has 194 valence electrons. The van der Waals surface area contributed by atoms with Crippen molar-refractivity contribution in [2.24, 2.45) is 0 Å². The Morgan fingerprint density at radius 3 is 2.24 bits per heavy atom. The fourth-order valence-corrected chi connectivity index (χ4v) is 7.00. The molecule has 0 saturated carbocycles. The molecule has 3 heterocycles. The number of fused-ring (bicyclic) bond motifs is 10. The third kappa shape index (κ3) is 2.94. The molecule has 0 aliphatic heterocycles. The number of nitrogens with zero attached hydrogens (tertiary/aromatic N) is 3. The molecule has 0 fully saturated rings. The van der Waals surface area contributed by atoms with Gasteiger partial charge in [-0.15, -0.1) is 0 Å². The third-order valence-electron chi connectivity index (χ3n) is 8.80. The highest BCUT2D eigenvalue weighted by Crippen LogP contribution is 2.53. The number of para-hydroxylation sites is 2. The van der Waals surface area contributed by atoms with Crippen molar-refractivity contribution in [3.8, 4) is 28.3 Å². The van der Waals surface area contributed by atoms with E-state index in [0.29, 0.717) is 11.4 Å². The van der Waals surface area contributed by atoms with E-state index in [4.69, 9.17) is 14.4 Å². The van der Waals surface area contributed by atoms with Crippen molar-refractivity contribution >= 4 is 43.9 Å². The van der Waals surface area contributed by atoms with Crippen LogP contribution in [0, 0.1) is 0 Å². The number of furan rings is 1. The van der Waals surface area contributed by atoms with Gasteiger partial charge in [-0.3, -0.25) is 4.57 Å². The van der Waals surface area contributed by atoms with Crippen LogP contribution in [0.15, 0.2) is 120 Å². The Hall–Kier alpha value is -5.22. The van der Waals surface area contributed by atoms with E-state index in [2.05, 4.69) is 97.3 Å². The normalized spacial score (nSPS) is 13.8. The molecular weight excluding hydrogens is 502 g/mol. The average Bonchev–Trinajstić information content (AvgIpc) is 3.63. The summed E-state index contributed by atoms with van der Waals surface area (Å²) >= 11 is 0. The fourth-order valence-electron chi connectivity index (χ4n) is 7.00. The van der Waals surface area contributed by atoms with Gasteiger partial charge in [-0.1, -0.05) is 105 Å². The van der Waals surface area contributed by atoms with Crippen LogP contribution < -0.4 is 0 Å². The Morgan fingerprint density at radius 1 is 0.634 bits per heavy atom. The van der Waals surface area contributed by atoms with Crippen LogP contribution in [0.2, 0.25) is 0 Å². The lowest BCUT2D eigenvalue weighted by atomic mass is 9.80. The predicted octanol–water partition coefficient (Wildman–Crippen LogP) is 9.45. The van der Waals surface area contributed by atoms with Crippen LogP contribution >= 0.6 is 0 Å². The van der Waals surface area contributed by atoms with Crippen molar-refractivity contribution in [2.45, 2.75) is 19.3 Å². The monoisotopic (exact) mass is 527 g/mol. The van der Waals surface area contributed by atoms with Crippen molar-refractivity contribution in [1.82, 2.24) is 14.5 Å². The molecule has 0 N–H and O–H groups in total. The molecule has 0 radical (unpaired) electrons. The summed E-state index contributed by atoms with van der Waals surface area (Å²) in [5.41, 5.74) is 10.7. The molecule has 1 aliphatic carbocycles. The molecule has 0 spiro atoms. The molecule has 8 aromatic rings. The lowest BCUT2D eigenvalue weighted by Crippen LogP contribution is -2.15. The Bertz CT molecular complexity index is 2340. The molecule has 0 saturated heterocycles. The average molecular weight is 528 g/mol. The maximum absolute atomic E-state index is 6.53. The summed E-state index contributed by atoms with van der Waals surface area (Å²) in [6, 6.07) is 40.3. The van der Waals surface area contributed by atoms with E-state index in [-0.39, 0.29) is 5.41 Å². The first kappa shape index (κ1) is 22.6. The number of hydrogen-bond donors (Lipinski definition) is 0. The highest BCUT2D eigenvalue weighted by atomic mass is 16.3. The van der Waals surface area contributed by atoms with E-state index < -0.39 is 0 Å². The molecule has 0 unspecified atom stereocenters. The lowest BCUT2D eigenvalue weighted by molar-refractivity contribution is 0.662. The Morgan fingerprint density at radius 2 is 1.37 bits per heavy atom. The Labute approximate surface area is 236 Å². The number of rotatable bonds is 2. The number of benzene rings is 5. The number of hydrogen-bond acceptors (Lipinski definition) is 3. The number of aromatic nitrogens is 3. The molecule has 1 aliphatic rings. The standard InChI is InChI=1S/C37H25N3O/c1-37(2)27-17-9-6-14-23(27)24-20-21-29-31(32(24)37)25-15-7-10-18-28(25)40(29)36-34-33(26-16-8-11-19-30(26)41-34)38-35(39-36)22-12-4-3-5-13-22/h3-21H,1-2H3. The van der Waals surface area contributed by atoms with Gasteiger partial charge in [0.25, 0.3) is 0 Å². The van der Waals surface area contributed by atoms with Gasteiger partial charge in [0.15, 0.2) is 17.2 Å². The molecule has 9 rings (SSSR count). The van der Waals surface area contributed by atoms with Crippen molar-refractivity contribution in [3.05, 3.63) is 126 Å². The molecule has 5 aromatic carbocycles. The summed E-state index contributed by atoms with van der Waals surface area (Å²) in [6.45, 7) is 4.69. The second kappa shape index (κ2) is 7.92. The van der Waals surface area contributed by atoms with Crippen LogP contribution in [0.1, 0.15) is 25.0 Å². The van der Waals surface area contributed by atoms with E-state index >= 15 is 0 Å². The van der Waals surface area contributed by atoms with Crippen LogP contribution in [0.3, 0.4) is 0 Å². The molecule has 3 aromatic heterocycles. The van der Waals surface area contributed by atoms with Crippen molar-refractivity contribution in [3.63, 3.8) is 0 Å². The van der Waals surface area contributed by atoms with Gasteiger partial charge in [0.05, 0.1) is 11.0 Å². The van der Waals surface area contributed by atoms with Crippen molar-refractivity contribution in [1.29, 1.82) is 0 Å². The first-order valence-electron chi connectivity index (χ1n) is 14.0. The van der Waals surface area contributed by atoms with Crippen LogP contribution in [0.5, 0.6) is 0 Å². The van der Waals surface area contributed by atoms with Gasteiger partial charge < -0.3 is 4.42 Å². The van der Waals surface area contributed by atoms with Gasteiger partial charge in [0, 0.05) is 27.1 Å². The summed E-state index contributed by atoms with van der Waals surface area (Å²) < 4.78 is 8.82. The molecule has 0 bridgehead atoms. The van der Waals surface area contributed by atoms with Gasteiger partial charge in [-0.05, 0) is 46.5 Å². The highest BCUT2D eigenvalue weighted by molar-refractivity contribution is 6.15. The van der Waals surface area contributed by atoms with Crippen LogP contribution in [-0.4, -0.2) is 14.5 Å². The quantitative estimate of drug-likeness (QED) is 0.225. The first-order valence-corrected chi connectivity index (χ1v) is 14.0. The summed E-state index contributed by atoms with van der Waals surface area (Å²) in [5.74, 6) is 1.43. The minimum Gasteiger partial charge on any atom is -0.450 e. The van der Waals surface area contributed by atoms with E-state index in [1.807, 2.05) is 36.4 Å². The molecule has 4 nitrogen and oxygen atoms in total. The minimum absolute atomic E-state index is 0.143. The molecule has 0 atom stereocenters. The zero-order valence-corrected chi connectivity index (χ0v) is 22.7. The van der Waals surface area contributed by atoms with Crippen molar-refractivity contribution in [2.75, 3.05) is 0 Å². The maximum atomic E-state index is 6.53. The Kier molecular flexibility index (Phi) is 4.36. The summed E-state index contributed by atoms with van der Waals surface area (Å²) in [7, 11) is 0. The molecule has 4 heteroatoms. The van der Waals surface area contributed by atoms with Crippen LogP contribution in [0.25, 0.3) is 72.2 Å². The zero-order valence-electron chi connectivity index (χ0n) is 22.7. The topological polar surface area (TPSA) is 43.9 Å². The molecule has 41 heavy (non-hydrogen) atoms. The minimum atomic E-state index is -0.143. The third-order valence-corrected chi connectivity index (χ3v) is 8.80. The molecular formula is C37H25N3O. The smallest absolute Gasteiger partial charge is 0.197 e. The van der Waals surface area contributed by atoms with Crippen molar-refractivity contribution < 1.29 is 4.42 Å². The molecule has 0 amide bonds. The SMILES string of the molecule is CC1(C)c2ccccc2-c2ccc3c(c21)c1ccccc1n3-c1nc(-c2ccccc2)nc2c1oc1ccccc12. The van der Waals surface area contributed by atoms with E-state index in [1.165, 1.54) is 33.0 Å². The summed E-state index contributed by atoms with van der Waals surface area (Å²) in [6.07, 6.45) is 0. The van der Waals surface area contributed by atoms with E-state index in [0.717, 1.165) is 38.9 Å². The summed E-state index contributed by atoms with van der Waals surface area (Å²) in [5, 5.41) is 3.47. The van der Waals surface area contributed by atoms with Crippen LogP contribution in [-0.2, 0) is 5.41 Å². The van der Waals surface area contributed by atoms with E-state index in [9.17, 15) is 0 Å². The maximum Gasteiger partial charge on any atom is 0.197 e. The van der Waals surface area contributed by atoms with Crippen LogP contribution in [0.4, 0.5) is 0 Å². The second-order valence-corrected chi connectivity index (χ2v) is 11.4. The highest BCUT2D eigenvalue weighted by Gasteiger charge is 2.38. The zero-order chi connectivity index (χ0) is 27.3. The fraction of sp³-hybridized carbons (Fsp3) is 0.0811.